The van der Waals surface area contributed by atoms with Crippen molar-refractivity contribution in [1.82, 2.24) is 5.32 Å². The second-order valence-electron chi connectivity index (χ2n) is 4.09. The number of hydrogen-bond donors (Lipinski definition) is 1. The maximum Gasteiger partial charge on any atom is 0.254 e. The third-order valence-corrected chi connectivity index (χ3v) is 3.36. The second kappa shape index (κ2) is 6.60. The van der Waals surface area contributed by atoms with Crippen molar-refractivity contribution >= 4 is 29.1 Å². The summed E-state index contributed by atoms with van der Waals surface area (Å²) < 4.78 is 0. The minimum absolute atomic E-state index is 0.244. The summed E-state index contributed by atoms with van der Waals surface area (Å²) >= 11 is 12.0. The molecule has 2 aromatic rings. The van der Waals surface area contributed by atoms with Crippen LogP contribution in [0.1, 0.15) is 15.9 Å². The molecule has 19 heavy (non-hydrogen) atoms. The Kier molecular flexibility index (Phi) is 4.83. The summed E-state index contributed by atoms with van der Waals surface area (Å²) in [5, 5.41) is 3.55. The number of carbonyl (C=O) groups is 1. The molecule has 2 aromatic carbocycles. The lowest BCUT2D eigenvalue weighted by molar-refractivity contribution is 0.0954. The van der Waals surface area contributed by atoms with Crippen LogP contribution < -0.4 is 5.32 Å². The van der Waals surface area contributed by atoms with Gasteiger partial charge in [-0.25, -0.2) is 0 Å². The molecule has 0 aliphatic rings. The van der Waals surface area contributed by atoms with Crippen molar-refractivity contribution in [2.24, 2.45) is 0 Å². The van der Waals surface area contributed by atoms with Gasteiger partial charge in [0.1, 0.15) is 0 Å². The average Bonchev–Trinajstić information content (AvgIpc) is 2.40. The fraction of sp³-hybridized carbons (Fsp3) is 0.133. The maximum absolute atomic E-state index is 12.0. The lowest BCUT2D eigenvalue weighted by atomic mass is 10.1. The van der Waals surface area contributed by atoms with Crippen LogP contribution in [-0.4, -0.2) is 12.5 Å². The molecule has 0 saturated carbocycles. The van der Waals surface area contributed by atoms with Gasteiger partial charge in [-0.15, -0.1) is 0 Å². The fourth-order valence-electron chi connectivity index (χ4n) is 1.77. The molecule has 0 fully saturated rings. The van der Waals surface area contributed by atoms with Crippen molar-refractivity contribution < 1.29 is 4.79 Å². The molecular formula is C15H13Cl2NO. The first kappa shape index (κ1) is 13.9. The van der Waals surface area contributed by atoms with Crippen LogP contribution in [-0.2, 0) is 6.42 Å². The molecule has 0 radical (unpaired) electrons. The Labute approximate surface area is 122 Å². The smallest absolute Gasteiger partial charge is 0.254 e. The fourth-order valence-corrected chi connectivity index (χ4v) is 2.34. The molecular weight excluding hydrogens is 281 g/mol. The van der Waals surface area contributed by atoms with Gasteiger partial charge in [0.25, 0.3) is 5.91 Å². The summed E-state index contributed by atoms with van der Waals surface area (Å²) in [6.45, 7) is 0.546. The van der Waals surface area contributed by atoms with E-state index in [1.54, 1.807) is 18.2 Å². The van der Waals surface area contributed by atoms with Crippen molar-refractivity contribution in [1.29, 1.82) is 0 Å². The van der Waals surface area contributed by atoms with Gasteiger partial charge in [-0.05, 0) is 24.1 Å². The molecule has 1 N–H and O–H groups in total. The molecule has 2 rings (SSSR count). The monoisotopic (exact) mass is 293 g/mol. The molecule has 0 atom stereocenters. The quantitative estimate of drug-likeness (QED) is 0.908. The first-order valence-corrected chi connectivity index (χ1v) is 6.70. The highest BCUT2D eigenvalue weighted by molar-refractivity contribution is 6.39. The third-order valence-electron chi connectivity index (χ3n) is 2.73. The van der Waals surface area contributed by atoms with Gasteiger partial charge < -0.3 is 5.32 Å². The van der Waals surface area contributed by atoms with Crippen molar-refractivity contribution in [3.8, 4) is 0 Å². The van der Waals surface area contributed by atoms with Gasteiger partial charge in [-0.1, -0.05) is 59.6 Å². The molecule has 0 spiro atoms. The van der Waals surface area contributed by atoms with Crippen molar-refractivity contribution in [3.05, 3.63) is 69.7 Å². The number of rotatable bonds is 4. The molecule has 0 aliphatic carbocycles. The molecule has 2 nitrogen and oxygen atoms in total. The first-order chi connectivity index (χ1) is 9.18. The first-order valence-electron chi connectivity index (χ1n) is 5.94. The van der Waals surface area contributed by atoms with Crippen LogP contribution in [0.4, 0.5) is 0 Å². The number of halogens is 2. The van der Waals surface area contributed by atoms with E-state index in [1.807, 2.05) is 30.3 Å². The van der Waals surface area contributed by atoms with E-state index in [4.69, 9.17) is 23.2 Å². The zero-order chi connectivity index (χ0) is 13.7. The van der Waals surface area contributed by atoms with Gasteiger partial charge in [-0.2, -0.15) is 0 Å². The molecule has 0 bridgehead atoms. The van der Waals surface area contributed by atoms with E-state index in [2.05, 4.69) is 5.32 Å². The molecule has 0 aliphatic heterocycles. The molecule has 98 valence electrons. The summed E-state index contributed by atoms with van der Waals surface area (Å²) in [4.78, 5) is 12.0. The Morgan fingerprint density at radius 3 is 2.21 bits per heavy atom. The molecule has 0 aromatic heterocycles. The second-order valence-corrected chi connectivity index (χ2v) is 4.90. The van der Waals surface area contributed by atoms with Crippen LogP contribution in [0.2, 0.25) is 10.0 Å². The van der Waals surface area contributed by atoms with E-state index in [9.17, 15) is 4.79 Å². The van der Waals surface area contributed by atoms with Crippen LogP contribution >= 0.6 is 23.2 Å². The van der Waals surface area contributed by atoms with Crippen molar-refractivity contribution in [3.63, 3.8) is 0 Å². The lowest BCUT2D eigenvalue weighted by Crippen LogP contribution is -2.26. The van der Waals surface area contributed by atoms with Crippen LogP contribution in [0.25, 0.3) is 0 Å². The van der Waals surface area contributed by atoms with Gasteiger partial charge in [0.05, 0.1) is 15.6 Å². The van der Waals surface area contributed by atoms with E-state index < -0.39 is 0 Å². The van der Waals surface area contributed by atoms with E-state index in [0.717, 1.165) is 6.42 Å². The van der Waals surface area contributed by atoms with E-state index in [-0.39, 0.29) is 5.91 Å². The standard InChI is InChI=1S/C15H13Cl2NO/c16-12-7-4-8-13(17)14(12)15(19)18-10-9-11-5-2-1-3-6-11/h1-8H,9-10H2,(H,18,19). The van der Waals surface area contributed by atoms with E-state index in [0.29, 0.717) is 22.2 Å². The van der Waals surface area contributed by atoms with Crippen LogP contribution in [0.5, 0.6) is 0 Å². The highest BCUT2D eigenvalue weighted by atomic mass is 35.5. The normalized spacial score (nSPS) is 10.2. The van der Waals surface area contributed by atoms with Gasteiger partial charge in [0, 0.05) is 6.54 Å². The van der Waals surface area contributed by atoms with Crippen molar-refractivity contribution in [2.75, 3.05) is 6.54 Å². The Morgan fingerprint density at radius 1 is 0.947 bits per heavy atom. The maximum atomic E-state index is 12.0. The van der Waals surface area contributed by atoms with Crippen LogP contribution in [0, 0.1) is 0 Å². The van der Waals surface area contributed by atoms with Gasteiger partial charge in [-0.3, -0.25) is 4.79 Å². The zero-order valence-electron chi connectivity index (χ0n) is 10.2. The minimum atomic E-state index is -0.244. The highest BCUT2D eigenvalue weighted by Crippen LogP contribution is 2.23. The number of amides is 1. The summed E-state index contributed by atoms with van der Waals surface area (Å²) in [5.41, 5.74) is 1.51. The number of nitrogens with one attached hydrogen (secondary N) is 1. The zero-order valence-corrected chi connectivity index (χ0v) is 11.7. The summed E-state index contributed by atoms with van der Waals surface area (Å²) in [7, 11) is 0. The Balaban J connectivity index is 1.95. The van der Waals surface area contributed by atoms with Gasteiger partial charge in [0.15, 0.2) is 0 Å². The van der Waals surface area contributed by atoms with Crippen molar-refractivity contribution in [2.45, 2.75) is 6.42 Å². The van der Waals surface area contributed by atoms with Gasteiger partial charge >= 0.3 is 0 Å². The van der Waals surface area contributed by atoms with Crippen LogP contribution in [0.15, 0.2) is 48.5 Å². The van der Waals surface area contributed by atoms with E-state index >= 15 is 0 Å². The molecule has 1 amide bonds. The lowest BCUT2D eigenvalue weighted by Gasteiger charge is -2.08. The SMILES string of the molecule is O=C(NCCc1ccccc1)c1c(Cl)cccc1Cl. The molecule has 0 heterocycles. The summed E-state index contributed by atoms with van der Waals surface area (Å²) in [6.07, 6.45) is 0.772. The Hall–Kier alpha value is -1.51. The topological polar surface area (TPSA) is 29.1 Å². The predicted molar refractivity (Wildman–Crippen MR) is 78.9 cm³/mol. The Morgan fingerprint density at radius 2 is 1.58 bits per heavy atom. The minimum Gasteiger partial charge on any atom is -0.352 e. The van der Waals surface area contributed by atoms with Crippen LogP contribution in [0.3, 0.4) is 0 Å². The van der Waals surface area contributed by atoms with E-state index in [1.165, 1.54) is 5.56 Å². The molecule has 0 unspecified atom stereocenters. The number of hydrogen-bond acceptors (Lipinski definition) is 1. The summed E-state index contributed by atoms with van der Waals surface area (Å²) in [6, 6.07) is 15.0. The molecule has 0 saturated heterocycles. The molecule has 4 heteroatoms. The highest BCUT2D eigenvalue weighted by Gasteiger charge is 2.13. The number of benzene rings is 2. The average molecular weight is 294 g/mol. The number of carbonyl (C=O) groups excluding carboxylic acids is 1. The Bertz CT molecular complexity index is 549. The predicted octanol–water partition coefficient (Wildman–Crippen LogP) is 3.97. The summed E-state index contributed by atoms with van der Waals surface area (Å²) in [5.74, 6) is -0.244. The van der Waals surface area contributed by atoms with Gasteiger partial charge in [0.2, 0.25) is 0 Å². The largest absolute Gasteiger partial charge is 0.352 e. The third kappa shape index (κ3) is 3.72.